The fourth-order valence-corrected chi connectivity index (χ4v) is 4.08. The maximum atomic E-state index is 11.4. The van der Waals surface area contributed by atoms with Crippen molar-refractivity contribution < 1.29 is 5.11 Å². The number of aliphatic hydroxyl groups excluding tert-OH is 1. The van der Waals surface area contributed by atoms with E-state index in [1.54, 1.807) is 0 Å². The minimum atomic E-state index is -0.769. The number of benzene rings is 2. The molecule has 136 valence electrons. The van der Waals surface area contributed by atoms with Gasteiger partial charge >= 0.3 is 0 Å². The third-order valence-electron chi connectivity index (χ3n) is 5.43. The number of nitrogens with zero attached hydrogens (tertiary/aromatic N) is 4. The Morgan fingerprint density at radius 3 is 2.67 bits per heavy atom. The second-order valence-electron chi connectivity index (χ2n) is 7.05. The van der Waals surface area contributed by atoms with Crippen LogP contribution in [0.4, 0.5) is 5.82 Å². The van der Waals surface area contributed by atoms with E-state index in [9.17, 15) is 5.11 Å². The van der Waals surface area contributed by atoms with E-state index in [-0.39, 0.29) is 12.1 Å². The summed E-state index contributed by atoms with van der Waals surface area (Å²) in [6.45, 7) is 3.99. The molecule has 5 rings (SSSR count). The number of aromatic amines is 1. The van der Waals surface area contributed by atoms with E-state index in [0.717, 1.165) is 33.4 Å². The smallest absolute Gasteiger partial charge is 0.154 e. The van der Waals surface area contributed by atoms with Gasteiger partial charge in [-0.3, -0.25) is 5.10 Å². The van der Waals surface area contributed by atoms with Crippen LogP contribution in [0, 0.1) is 13.8 Å². The molecule has 7 nitrogen and oxygen atoms in total. The first kappa shape index (κ1) is 16.0. The number of hydrogen-bond acceptors (Lipinski definition) is 5. The van der Waals surface area contributed by atoms with Gasteiger partial charge < -0.3 is 10.4 Å². The quantitative estimate of drug-likeness (QED) is 0.510. The van der Waals surface area contributed by atoms with Gasteiger partial charge in [-0.25, -0.2) is 4.68 Å². The minimum Gasteiger partial charge on any atom is -0.386 e. The lowest BCUT2D eigenvalue weighted by Gasteiger charge is -2.37. The molecule has 0 aliphatic carbocycles. The van der Waals surface area contributed by atoms with Crippen LogP contribution in [0.3, 0.4) is 0 Å². The van der Waals surface area contributed by atoms with E-state index in [1.165, 1.54) is 0 Å². The first-order valence-corrected chi connectivity index (χ1v) is 9.00. The molecule has 0 amide bonds. The van der Waals surface area contributed by atoms with E-state index in [2.05, 4.69) is 44.9 Å². The fraction of sp³-hybridized carbons (Fsp3) is 0.250. The molecule has 7 heteroatoms. The molecule has 3 N–H and O–H groups in total. The summed E-state index contributed by atoms with van der Waals surface area (Å²) in [5.41, 5.74) is 5.58. The Hall–Kier alpha value is -3.19. The molecule has 0 saturated heterocycles. The Morgan fingerprint density at radius 2 is 1.81 bits per heavy atom. The molecule has 1 aliphatic heterocycles. The van der Waals surface area contributed by atoms with Crippen molar-refractivity contribution in [3.63, 3.8) is 0 Å². The van der Waals surface area contributed by atoms with Gasteiger partial charge in [0.1, 0.15) is 17.7 Å². The number of hydrogen-bond donors (Lipinski definition) is 3. The van der Waals surface area contributed by atoms with Crippen LogP contribution in [0.5, 0.6) is 0 Å². The number of H-pyrrole nitrogens is 1. The molecule has 1 aliphatic rings. The first-order valence-electron chi connectivity index (χ1n) is 9.00. The maximum Gasteiger partial charge on any atom is 0.154 e. The van der Waals surface area contributed by atoms with Gasteiger partial charge in [0.2, 0.25) is 0 Å². The summed E-state index contributed by atoms with van der Waals surface area (Å²) in [5, 5.41) is 30.9. The maximum absolute atomic E-state index is 11.4. The molecule has 0 fully saturated rings. The summed E-state index contributed by atoms with van der Waals surface area (Å²) in [5.74, 6) is 0.689. The first-order chi connectivity index (χ1) is 13.1. The van der Waals surface area contributed by atoms with Gasteiger partial charge in [0, 0.05) is 11.3 Å². The Bertz CT molecular complexity index is 1130. The van der Waals surface area contributed by atoms with Crippen LogP contribution in [-0.2, 0) is 0 Å². The third kappa shape index (κ3) is 2.35. The van der Waals surface area contributed by atoms with Gasteiger partial charge in [-0.15, -0.1) is 5.10 Å². The normalized spacial score (nSPS) is 21.8. The van der Waals surface area contributed by atoms with Crippen molar-refractivity contribution in [3.05, 3.63) is 70.9 Å². The topological polar surface area (TPSA) is 91.7 Å². The highest BCUT2D eigenvalue weighted by atomic mass is 16.3. The Morgan fingerprint density at radius 1 is 1.04 bits per heavy atom. The Balaban J connectivity index is 1.74. The average molecular weight is 360 g/mol. The van der Waals surface area contributed by atoms with Gasteiger partial charge in [0.05, 0.1) is 11.6 Å². The van der Waals surface area contributed by atoms with Crippen LogP contribution in [-0.4, -0.2) is 30.3 Å². The molecular formula is C20H20N6O. The second-order valence-corrected chi connectivity index (χ2v) is 7.05. The summed E-state index contributed by atoms with van der Waals surface area (Å²) in [4.78, 5) is 0. The number of aryl methyl sites for hydroxylation is 2. The summed E-state index contributed by atoms with van der Waals surface area (Å²) >= 11 is 0. The molecule has 2 aromatic heterocycles. The third-order valence-corrected chi connectivity index (χ3v) is 5.43. The fourth-order valence-electron chi connectivity index (χ4n) is 4.08. The van der Waals surface area contributed by atoms with Crippen LogP contribution in [0.25, 0.3) is 11.0 Å². The molecule has 27 heavy (non-hydrogen) atoms. The SMILES string of the molecule is Cc1ccccc1[C@H]1Nc2n[nH]c(C)c2[C@@H](O)[C@@H]1n1nnc2ccccc21. The zero-order valence-corrected chi connectivity index (χ0v) is 15.1. The van der Waals surface area contributed by atoms with Gasteiger partial charge in [-0.2, -0.15) is 5.10 Å². The van der Waals surface area contributed by atoms with Crippen molar-refractivity contribution in [2.24, 2.45) is 0 Å². The standard InChI is InChI=1S/C20H20N6O/c1-11-7-3-4-8-13(11)17-18(19(27)16-12(2)22-24-20(16)21-17)26-15-10-6-5-9-14(15)23-25-26/h3-10,17-19,27H,1-2H3,(H2,21,22,24)/t17-,18-,19-/m1/s1. The lowest BCUT2D eigenvalue weighted by atomic mass is 9.86. The second kappa shape index (κ2) is 5.92. The van der Waals surface area contributed by atoms with Crippen molar-refractivity contribution in [2.75, 3.05) is 5.32 Å². The zero-order chi connectivity index (χ0) is 18.5. The van der Waals surface area contributed by atoms with E-state index in [0.29, 0.717) is 5.82 Å². The van der Waals surface area contributed by atoms with E-state index >= 15 is 0 Å². The van der Waals surface area contributed by atoms with Gasteiger partial charge in [-0.05, 0) is 37.1 Å². The zero-order valence-electron chi connectivity index (χ0n) is 15.1. The largest absolute Gasteiger partial charge is 0.386 e. The highest BCUT2D eigenvalue weighted by Gasteiger charge is 2.42. The van der Waals surface area contributed by atoms with Crippen LogP contribution in [0.15, 0.2) is 48.5 Å². The van der Waals surface area contributed by atoms with Crippen molar-refractivity contribution >= 4 is 16.9 Å². The molecule has 4 aromatic rings. The molecule has 2 aromatic carbocycles. The number of aromatic nitrogens is 5. The van der Waals surface area contributed by atoms with Crippen LogP contribution in [0.2, 0.25) is 0 Å². The van der Waals surface area contributed by atoms with E-state index in [4.69, 9.17) is 0 Å². The van der Waals surface area contributed by atoms with Crippen LogP contribution >= 0.6 is 0 Å². The number of anilines is 1. The van der Waals surface area contributed by atoms with Crippen LogP contribution < -0.4 is 5.32 Å². The Labute approximate surface area is 156 Å². The van der Waals surface area contributed by atoms with Crippen molar-refractivity contribution in [2.45, 2.75) is 32.0 Å². The molecule has 0 radical (unpaired) electrons. The van der Waals surface area contributed by atoms with Crippen LogP contribution in [0.1, 0.15) is 40.6 Å². The molecule has 3 atom stereocenters. The molecule has 3 heterocycles. The number of fused-ring (bicyclic) bond motifs is 2. The summed E-state index contributed by atoms with van der Waals surface area (Å²) < 4.78 is 1.83. The minimum absolute atomic E-state index is 0.193. The average Bonchev–Trinajstić information content (AvgIpc) is 3.26. The highest BCUT2D eigenvalue weighted by Crippen LogP contribution is 2.47. The molecule has 0 bridgehead atoms. The van der Waals surface area contributed by atoms with Gasteiger partial charge in [-0.1, -0.05) is 41.6 Å². The number of rotatable bonds is 2. The lowest BCUT2D eigenvalue weighted by Crippen LogP contribution is -2.35. The van der Waals surface area contributed by atoms with Gasteiger partial charge in [0.25, 0.3) is 0 Å². The lowest BCUT2D eigenvalue weighted by molar-refractivity contribution is 0.0900. The van der Waals surface area contributed by atoms with E-state index in [1.807, 2.05) is 48.0 Å². The highest BCUT2D eigenvalue weighted by molar-refractivity contribution is 5.74. The predicted molar refractivity (Wildman–Crippen MR) is 102 cm³/mol. The summed E-state index contributed by atoms with van der Waals surface area (Å²) in [7, 11) is 0. The van der Waals surface area contributed by atoms with Gasteiger partial charge in [0.15, 0.2) is 5.82 Å². The number of para-hydroxylation sites is 1. The number of nitrogens with one attached hydrogen (secondary N) is 2. The molecular weight excluding hydrogens is 340 g/mol. The molecule has 0 saturated carbocycles. The molecule has 0 spiro atoms. The summed E-state index contributed by atoms with van der Waals surface area (Å²) in [6, 6.07) is 15.4. The molecule has 0 unspecified atom stereocenters. The van der Waals surface area contributed by atoms with Crippen molar-refractivity contribution in [3.8, 4) is 0 Å². The van der Waals surface area contributed by atoms with E-state index < -0.39 is 6.10 Å². The number of aliphatic hydroxyl groups is 1. The summed E-state index contributed by atoms with van der Waals surface area (Å²) in [6.07, 6.45) is -0.769. The van der Waals surface area contributed by atoms with Crippen molar-refractivity contribution in [1.29, 1.82) is 0 Å². The Kier molecular flexibility index (Phi) is 3.51. The predicted octanol–water partition coefficient (Wildman–Crippen LogP) is 3.21. The monoisotopic (exact) mass is 360 g/mol. The van der Waals surface area contributed by atoms with Crippen molar-refractivity contribution in [1.82, 2.24) is 25.2 Å².